The van der Waals surface area contributed by atoms with E-state index in [1.54, 1.807) is 6.07 Å². The molecule has 76 valence electrons. The molecular formula is C13H18O. The topological polar surface area (TPSA) is 20.2 Å². The lowest BCUT2D eigenvalue weighted by Crippen LogP contribution is -1.88. The fraction of sp³-hybridized carbons (Fsp3) is 0.385. The largest absolute Gasteiger partial charge is 0.508 e. The molecule has 0 heterocycles. The summed E-state index contributed by atoms with van der Waals surface area (Å²) in [7, 11) is 0. The van der Waals surface area contributed by atoms with E-state index >= 15 is 0 Å². The highest BCUT2D eigenvalue weighted by Crippen LogP contribution is 2.20. The molecule has 0 saturated heterocycles. The average molecular weight is 190 g/mol. The normalized spacial score (nSPS) is 11.8. The molecule has 0 aliphatic rings. The number of rotatable bonds is 3. The van der Waals surface area contributed by atoms with Gasteiger partial charge in [0, 0.05) is 0 Å². The van der Waals surface area contributed by atoms with E-state index in [1.165, 1.54) is 11.1 Å². The van der Waals surface area contributed by atoms with Gasteiger partial charge in [0.15, 0.2) is 0 Å². The van der Waals surface area contributed by atoms with Crippen LogP contribution >= 0.6 is 0 Å². The molecule has 1 rings (SSSR count). The molecule has 14 heavy (non-hydrogen) atoms. The van der Waals surface area contributed by atoms with Crippen LogP contribution in [0.3, 0.4) is 0 Å². The van der Waals surface area contributed by atoms with Crippen molar-refractivity contribution in [1.82, 2.24) is 0 Å². The molecule has 0 saturated carbocycles. The molecule has 0 fully saturated rings. The third-order valence-corrected chi connectivity index (χ3v) is 2.52. The summed E-state index contributed by atoms with van der Waals surface area (Å²) in [5.74, 6) is 0.416. The van der Waals surface area contributed by atoms with E-state index < -0.39 is 0 Å². The first-order valence-corrected chi connectivity index (χ1v) is 5.03. The lowest BCUT2D eigenvalue weighted by Gasteiger charge is -2.05. The van der Waals surface area contributed by atoms with Gasteiger partial charge < -0.3 is 5.11 Å². The standard InChI is InChI=1S/C13H18O/c1-4-10(2)5-7-12-9-11(3)6-8-13(12)14/h4,6,8-9,14H,5,7H2,1-3H3/b10-4+. The van der Waals surface area contributed by atoms with Gasteiger partial charge in [-0.05, 0) is 45.2 Å². The van der Waals surface area contributed by atoms with Crippen LogP contribution in [-0.2, 0) is 6.42 Å². The summed E-state index contributed by atoms with van der Waals surface area (Å²) in [5, 5.41) is 9.60. The molecule has 1 heteroatoms. The first kappa shape index (κ1) is 10.8. The maximum atomic E-state index is 9.60. The van der Waals surface area contributed by atoms with Gasteiger partial charge in [-0.25, -0.2) is 0 Å². The molecule has 1 aromatic carbocycles. The van der Waals surface area contributed by atoms with Crippen molar-refractivity contribution in [2.45, 2.75) is 33.6 Å². The number of phenols is 1. The van der Waals surface area contributed by atoms with Crippen molar-refractivity contribution < 1.29 is 5.11 Å². The van der Waals surface area contributed by atoms with E-state index in [9.17, 15) is 5.11 Å². The van der Waals surface area contributed by atoms with E-state index in [0.29, 0.717) is 5.75 Å². The number of hydrogen-bond acceptors (Lipinski definition) is 1. The van der Waals surface area contributed by atoms with E-state index in [4.69, 9.17) is 0 Å². The van der Waals surface area contributed by atoms with Crippen LogP contribution in [0.15, 0.2) is 29.8 Å². The molecule has 0 aliphatic heterocycles. The van der Waals surface area contributed by atoms with Gasteiger partial charge in [-0.3, -0.25) is 0 Å². The molecule has 1 nitrogen and oxygen atoms in total. The van der Waals surface area contributed by atoms with Gasteiger partial charge in [0.1, 0.15) is 5.75 Å². The van der Waals surface area contributed by atoms with Crippen LogP contribution in [0.2, 0.25) is 0 Å². The lowest BCUT2D eigenvalue weighted by atomic mass is 10.0. The summed E-state index contributed by atoms with van der Waals surface area (Å²) < 4.78 is 0. The molecule has 0 aromatic heterocycles. The van der Waals surface area contributed by atoms with Gasteiger partial charge in [0.25, 0.3) is 0 Å². The minimum atomic E-state index is 0.416. The minimum absolute atomic E-state index is 0.416. The van der Waals surface area contributed by atoms with Crippen LogP contribution < -0.4 is 0 Å². The SMILES string of the molecule is C/C=C(\C)CCc1cc(C)ccc1O. The molecule has 1 aromatic rings. The summed E-state index contributed by atoms with van der Waals surface area (Å²) in [4.78, 5) is 0. The number of hydrogen-bond donors (Lipinski definition) is 1. The summed E-state index contributed by atoms with van der Waals surface area (Å²) in [6, 6.07) is 5.76. The Hall–Kier alpha value is -1.24. The molecule has 0 aliphatic carbocycles. The first-order chi connectivity index (χ1) is 6.63. The number of allylic oxidation sites excluding steroid dienone is 2. The van der Waals surface area contributed by atoms with Crippen molar-refractivity contribution in [1.29, 1.82) is 0 Å². The van der Waals surface area contributed by atoms with Gasteiger partial charge in [-0.1, -0.05) is 29.3 Å². The van der Waals surface area contributed by atoms with Gasteiger partial charge in [-0.2, -0.15) is 0 Å². The highest BCUT2D eigenvalue weighted by Gasteiger charge is 2.01. The highest BCUT2D eigenvalue weighted by atomic mass is 16.3. The van der Waals surface area contributed by atoms with Crippen molar-refractivity contribution in [2.24, 2.45) is 0 Å². The monoisotopic (exact) mass is 190 g/mol. The summed E-state index contributed by atoms with van der Waals surface area (Å²) >= 11 is 0. The quantitative estimate of drug-likeness (QED) is 0.722. The van der Waals surface area contributed by atoms with Crippen molar-refractivity contribution in [3.63, 3.8) is 0 Å². The van der Waals surface area contributed by atoms with Gasteiger partial charge in [0.05, 0.1) is 0 Å². The summed E-state index contributed by atoms with van der Waals surface area (Å²) in [6.07, 6.45) is 4.06. The van der Waals surface area contributed by atoms with E-state index in [0.717, 1.165) is 18.4 Å². The Balaban J connectivity index is 2.71. The molecule has 0 amide bonds. The van der Waals surface area contributed by atoms with Crippen LogP contribution in [0.4, 0.5) is 0 Å². The van der Waals surface area contributed by atoms with Crippen molar-refractivity contribution in [2.75, 3.05) is 0 Å². The van der Waals surface area contributed by atoms with Crippen molar-refractivity contribution in [3.8, 4) is 5.75 Å². The fourth-order valence-corrected chi connectivity index (χ4v) is 1.39. The number of aromatic hydroxyl groups is 1. The maximum Gasteiger partial charge on any atom is 0.118 e. The Morgan fingerprint density at radius 1 is 1.43 bits per heavy atom. The Morgan fingerprint density at radius 3 is 2.79 bits per heavy atom. The minimum Gasteiger partial charge on any atom is -0.508 e. The second kappa shape index (κ2) is 4.85. The summed E-state index contributed by atoms with van der Waals surface area (Å²) in [5.41, 5.74) is 3.62. The van der Waals surface area contributed by atoms with E-state index in [1.807, 2.05) is 19.9 Å². The van der Waals surface area contributed by atoms with E-state index in [2.05, 4.69) is 19.1 Å². The molecule has 0 unspecified atom stereocenters. The first-order valence-electron chi connectivity index (χ1n) is 5.03. The predicted octanol–water partition coefficient (Wildman–Crippen LogP) is 3.60. The number of phenolic OH excluding ortho intramolecular Hbond substituents is 1. The van der Waals surface area contributed by atoms with E-state index in [-0.39, 0.29) is 0 Å². The van der Waals surface area contributed by atoms with Crippen LogP contribution in [0.1, 0.15) is 31.4 Å². The molecule has 0 radical (unpaired) electrons. The van der Waals surface area contributed by atoms with Crippen molar-refractivity contribution in [3.05, 3.63) is 41.0 Å². The van der Waals surface area contributed by atoms with Gasteiger partial charge >= 0.3 is 0 Å². The molecule has 1 N–H and O–H groups in total. The van der Waals surface area contributed by atoms with Gasteiger partial charge in [-0.15, -0.1) is 0 Å². The smallest absolute Gasteiger partial charge is 0.118 e. The predicted molar refractivity (Wildman–Crippen MR) is 60.6 cm³/mol. The van der Waals surface area contributed by atoms with Crippen LogP contribution in [-0.4, -0.2) is 5.11 Å². The van der Waals surface area contributed by atoms with Crippen molar-refractivity contribution >= 4 is 0 Å². The zero-order valence-corrected chi connectivity index (χ0v) is 9.17. The Morgan fingerprint density at radius 2 is 2.14 bits per heavy atom. The Labute approximate surface area is 86.1 Å². The zero-order valence-electron chi connectivity index (χ0n) is 9.17. The van der Waals surface area contributed by atoms with Gasteiger partial charge in [0.2, 0.25) is 0 Å². The molecule has 0 atom stereocenters. The maximum absolute atomic E-state index is 9.60. The molecular weight excluding hydrogens is 172 g/mol. The fourth-order valence-electron chi connectivity index (χ4n) is 1.39. The summed E-state index contributed by atoms with van der Waals surface area (Å²) in [6.45, 7) is 6.21. The average Bonchev–Trinajstić information content (AvgIpc) is 2.19. The van der Waals surface area contributed by atoms with Crippen LogP contribution in [0, 0.1) is 6.92 Å². The third-order valence-electron chi connectivity index (χ3n) is 2.52. The second-order valence-corrected chi connectivity index (χ2v) is 3.77. The number of benzene rings is 1. The highest BCUT2D eigenvalue weighted by molar-refractivity contribution is 5.36. The third kappa shape index (κ3) is 2.91. The second-order valence-electron chi connectivity index (χ2n) is 3.77. The molecule has 0 bridgehead atoms. The number of aryl methyl sites for hydroxylation is 2. The lowest BCUT2D eigenvalue weighted by molar-refractivity contribution is 0.467. The van der Waals surface area contributed by atoms with Crippen LogP contribution in [0.25, 0.3) is 0 Å². The molecule has 0 spiro atoms. The van der Waals surface area contributed by atoms with Crippen LogP contribution in [0.5, 0.6) is 5.75 Å². The Kier molecular flexibility index (Phi) is 3.75. The Bertz CT molecular complexity index is 337. The zero-order chi connectivity index (χ0) is 10.6.